The summed E-state index contributed by atoms with van der Waals surface area (Å²) in [5, 5.41) is 25.8. The number of carbonyl (C=O) groups excluding carboxylic acids is 1. The van der Waals surface area contributed by atoms with Gasteiger partial charge >= 0.3 is 0 Å². The Morgan fingerprint density at radius 2 is 2.08 bits per heavy atom. The van der Waals surface area contributed by atoms with Crippen LogP contribution in [0.1, 0.15) is 18.4 Å². The number of rotatable bonds is 5. The fraction of sp³-hybridized carbons (Fsp3) is 0.353. The molecule has 24 heavy (non-hydrogen) atoms. The molecule has 124 valence electrons. The minimum absolute atomic E-state index is 0.00676. The molecule has 2 heterocycles. The number of nitriles is 1. The molecule has 1 aliphatic heterocycles. The van der Waals surface area contributed by atoms with Gasteiger partial charge in [-0.2, -0.15) is 5.26 Å². The molecule has 1 aromatic heterocycles. The van der Waals surface area contributed by atoms with Gasteiger partial charge in [0.05, 0.1) is 23.3 Å². The first-order chi connectivity index (χ1) is 11.6. The molecule has 0 spiro atoms. The third-order valence-electron chi connectivity index (χ3n) is 4.08. The SMILES string of the molecule is N#Cc1ccc(-c2csc(NC3CCN(CC(=O)[O-])CC3)n2)cc1. The Labute approximate surface area is 144 Å². The number of nitrogens with zero attached hydrogens (tertiary/aromatic N) is 3. The van der Waals surface area contributed by atoms with Crippen LogP contribution in [-0.4, -0.2) is 41.5 Å². The van der Waals surface area contributed by atoms with Crippen LogP contribution in [0.3, 0.4) is 0 Å². The maximum atomic E-state index is 10.6. The van der Waals surface area contributed by atoms with E-state index in [1.54, 1.807) is 23.5 Å². The zero-order valence-electron chi connectivity index (χ0n) is 13.1. The molecule has 7 heteroatoms. The Morgan fingerprint density at radius 3 is 2.71 bits per heavy atom. The molecule has 2 aromatic rings. The molecule has 1 aliphatic rings. The largest absolute Gasteiger partial charge is 0.549 e. The Kier molecular flexibility index (Phi) is 5.08. The second-order valence-electron chi connectivity index (χ2n) is 5.79. The van der Waals surface area contributed by atoms with Crippen LogP contribution in [0.25, 0.3) is 11.3 Å². The number of piperidine rings is 1. The number of aromatic nitrogens is 1. The highest BCUT2D eigenvalue weighted by atomic mass is 32.1. The lowest BCUT2D eigenvalue weighted by Gasteiger charge is -2.32. The first kappa shape index (κ1) is 16.4. The van der Waals surface area contributed by atoms with Crippen molar-refractivity contribution in [3.05, 3.63) is 35.2 Å². The monoisotopic (exact) mass is 341 g/mol. The molecule has 1 fully saturated rings. The van der Waals surface area contributed by atoms with Crippen LogP contribution in [0.15, 0.2) is 29.6 Å². The number of nitrogens with one attached hydrogen (secondary N) is 1. The summed E-state index contributed by atoms with van der Waals surface area (Å²) >= 11 is 1.55. The van der Waals surface area contributed by atoms with Crippen molar-refractivity contribution in [2.75, 3.05) is 25.0 Å². The Hall–Kier alpha value is -2.43. The van der Waals surface area contributed by atoms with Crippen LogP contribution in [0, 0.1) is 11.3 Å². The van der Waals surface area contributed by atoms with Crippen LogP contribution in [-0.2, 0) is 4.79 Å². The molecule has 0 amide bonds. The van der Waals surface area contributed by atoms with Crippen LogP contribution < -0.4 is 10.4 Å². The van der Waals surface area contributed by atoms with E-state index in [9.17, 15) is 9.90 Å². The third-order valence-corrected chi connectivity index (χ3v) is 4.86. The molecular weight excluding hydrogens is 324 g/mol. The van der Waals surface area contributed by atoms with E-state index < -0.39 is 5.97 Å². The fourth-order valence-corrected chi connectivity index (χ4v) is 3.58. The molecule has 0 radical (unpaired) electrons. The Bertz CT molecular complexity index is 743. The maximum Gasteiger partial charge on any atom is 0.183 e. The molecule has 1 N–H and O–H groups in total. The van der Waals surface area contributed by atoms with E-state index in [4.69, 9.17) is 5.26 Å². The predicted octanol–water partition coefficient (Wildman–Crippen LogP) is 1.31. The molecular formula is C17H17N4O2S-. The summed E-state index contributed by atoms with van der Waals surface area (Å²) in [4.78, 5) is 17.1. The third kappa shape index (κ3) is 4.10. The number of aliphatic carboxylic acids is 1. The van der Waals surface area contributed by atoms with Gasteiger partial charge in [0.2, 0.25) is 0 Å². The number of likely N-dealkylation sites (tertiary alicyclic amines) is 1. The molecule has 0 bridgehead atoms. The average Bonchev–Trinajstić information content (AvgIpc) is 3.05. The van der Waals surface area contributed by atoms with Crippen LogP contribution in [0.2, 0.25) is 0 Å². The van der Waals surface area contributed by atoms with Crippen LogP contribution >= 0.6 is 11.3 Å². The lowest BCUT2D eigenvalue weighted by molar-refractivity contribution is -0.306. The minimum atomic E-state index is -1.02. The summed E-state index contributed by atoms with van der Waals surface area (Å²) < 4.78 is 0. The summed E-state index contributed by atoms with van der Waals surface area (Å²) in [5.41, 5.74) is 2.51. The number of hydrogen-bond acceptors (Lipinski definition) is 7. The molecule has 0 aliphatic carbocycles. The number of thiazole rings is 1. The van der Waals surface area contributed by atoms with E-state index in [-0.39, 0.29) is 6.54 Å². The van der Waals surface area contributed by atoms with Crippen molar-refractivity contribution < 1.29 is 9.90 Å². The Balaban J connectivity index is 1.57. The van der Waals surface area contributed by atoms with Gasteiger partial charge in [0.25, 0.3) is 0 Å². The zero-order chi connectivity index (χ0) is 16.9. The molecule has 3 rings (SSSR count). The number of carboxylic acid groups (broad SMARTS) is 1. The fourth-order valence-electron chi connectivity index (χ4n) is 2.78. The quantitative estimate of drug-likeness (QED) is 0.881. The topological polar surface area (TPSA) is 92.1 Å². The normalized spacial score (nSPS) is 15.8. The highest BCUT2D eigenvalue weighted by Crippen LogP contribution is 2.26. The average molecular weight is 341 g/mol. The molecule has 1 saturated heterocycles. The van der Waals surface area contributed by atoms with Crippen molar-refractivity contribution in [3.8, 4) is 17.3 Å². The molecule has 0 atom stereocenters. The van der Waals surface area contributed by atoms with Gasteiger partial charge in [0.1, 0.15) is 0 Å². The molecule has 0 saturated carbocycles. The molecule has 1 aromatic carbocycles. The Morgan fingerprint density at radius 1 is 1.38 bits per heavy atom. The van der Waals surface area contributed by atoms with Gasteiger partial charge in [-0.1, -0.05) is 12.1 Å². The highest BCUT2D eigenvalue weighted by Gasteiger charge is 2.19. The number of benzene rings is 1. The van der Waals surface area contributed by atoms with E-state index in [2.05, 4.69) is 16.4 Å². The number of carboxylic acids is 1. The maximum absolute atomic E-state index is 10.6. The summed E-state index contributed by atoms with van der Waals surface area (Å²) in [5.74, 6) is -1.02. The van der Waals surface area contributed by atoms with Gasteiger partial charge in [0.15, 0.2) is 5.13 Å². The summed E-state index contributed by atoms with van der Waals surface area (Å²) in [7, 11) is 0. The smallest absolute Gasteiger partial charge is 0.183 e. The summed E-state index contributed by atoms with van der Waals surface area (Å²) in [6.07, 6.45) is 1.78. The summed E-state index contributed by atoms with van der Waals surface area (Å²) in [6, 6.07) is 9.78. The van der Waals surface area contributed by atoms with Crippen molar-refractivity contribution in [2.24, 2.45) is 0 Å². The first-order valence-corrected chi connectivity index (χ1v) is 8.67. The standard InChI is InChI=1S/C17H18N4O2S/c18-9-12-1-3-13(4-2-12)15-11-24-17(20-15)19-14-5-7-21(8-6-14)10-16(22)23/h1-4,11,14H,5-8,10H2,(H,19,20)(H,22,23)/p-1. The minimum Gasteiger partial charge on any atom is -0.549 e. The molecule has 0 unspecified atom stereocenters. The van der Waals surface area contributed by atoms with Gasteiger partial charge in [-0.25, -0.2) is 4.98 Å². The van der Waals surface area contributed by atoms with E-state index in [0.29, 0.717) is 11.6 Å². The second-order valence-corrected chi connectivity index (χ2v) is 6.65. The van der Waals surface area contributed by atoms with Gasteiger partial charge in [-0.15, -0.1) is 11.3 Å². The first-order valence-electron chi connectivity index (χ1n) is 7.79. The zero-order valence-corrected chi connectivity index (χ0v) is 13.9. The van der Waals surface area contributed by atoms with Gasteiger partial charge < -0.3 is 15.2 Å². The van der Waals surface area contributed by atoms with Gasteiger partial charge in [-0.3, -0.25) is 4.90 Å². The summed E-state index contributed by atoms with van der Waals surface area (Å²) in [6.45, 7) is 1.51. The van der Waals surface area contributed by atoms with Crippen molar-refractivity contribution in [1.82, 2.24) is 9.88 Å². The highest BCUT2D eigenvalue weighted by molar-refractivity contribution is 7.14. The van der Waals surface area contributed by atoms with E-state index in [1.807, 2.05) is 22.4 Å². The number of anilines is 1. The van der Waals surface area contributed by atoms with Crippen LogP contribution in [0.5, 0.6) is 0 Å². The van der Waals surface area contributed by atoms with Crippen molar-refractivity contribution >= 4 is 22.4 Å². The number of carbonyl (C=O) groups is 1. The van der Waals surface area contributed by atoms with Crippen molar-refractivity contribution in [1.29, 1.82) is 5.26 Å². The van der Waals surface area contributed by atoms with Crippen molar-refractivity contribution in [2.45, 2.75) is 18.9 Å². The lowest BCUT2D eigenvalue weighted by Crippen LogP contribution is -2.44. The van der Waals surface area contributed by atoms with Gasteiger partial charge in [0, 0.05) is 36.6 Å². The van der Waals surface area contributed by atoms with Gasteiger partial charge in [-0.05, 0) is 25.0 Å². The molecule has 6 nitrogen and oxygen atoms in total. The number of hydrogen-bond donors (Lipinski definition) is 1. The van der Waals surface area contributed by atoms with E-state index >= 15 is 0 Å². The van der Waals surface area contributed by atoms with Crippen molar-refractivity contribution in [3.63, 3.8) is 0 Å². The lowest BCUT2D eigenvalue weighted by atomic mass is 10.1. The van der Waals surface area contributed by atoms with Crippen LogP contribution in [0.4, 0.5) is 5.13 Å². The second kappa shape index (κ2) is 7.43. The van der Waals surface area contributed by atoms with E-state index in [1.165, 1.54) is 0 Å². The van der Waals surface area contributed by atoms with E-state index in [0.717, 1.165) is 42.3 Å². The predicted molar refractivity (Wildman–Crippen MR) is 90.4 cm³/mol.